The third-order valence-corrected chi connectivity index (χ3v) is 0. The van der Waals surface area contributed by atoms with Crippen molar-refractivity contribution in [3.05, 3.63) is 0 Å². The fourth-order valence-corrected chi connectivity index (χ4v) is 0. The molecule has 0 aromatic carbocycles. The van der Waals surface area contributed by atoms with Gasteiger partial charge in [-0.25, -0.2) is 0 Å². The number of hydrogen-bond donors (Lipinski definition) is 0. The molecule has 0 spiro atoms. The molecule has 0 N–H and O–H groups in total. The fraction of sp³-hybridized carbons (Fsp3) is 0. The SMILES string of the molecule is [O]=[Ni].[O]=[Zn]. The van der Waals surface area contributed by atoms with Gasteiger partial charge in [-0.05, 0) is 0 Å². The van der Waals surface area contributed by atoms with Crippen LogP contribution in [0, 0.1) is 0 Å². The molecule has 0 aliphatic rings. The van der Waals surface area contributed by atoms with Gasteiger partial charge in [0.05, 0.1) is 0 Å². The molecule has 0 amide bonds. The van der Waals surface area contributed by atoms with Gasteiger partial charge < -0.3 is 0 Å². The Hall–Kier alpha value is 0.717. The molecule has 0 heterocycles. The molecule has 0 aromatic rings. The van der Waals surface area contributed by atoms with E-state index in [1.165, 1.54) is 0 Å². The summed E-state index contributed by atoms with van der Waals surface area (Å²) in [5, 5.41) is 0. The van der Waals surface area contributed by atoms with Crippen molar-refractivity contribution in [3.8, 4) is 0 Å². The van der Waals surface area contributed by atoms with Crippen LogP contribution in [0.1, 0.15) is 0 Å². The number of hydrogen-bond acceptors (Lipinski definition) is 2. The van der Waals surface area contributed by atoms with Crippen molar-refractivity contribution in [2.75, 3.05) is 0 Å². The monoisotopic (exact) mass is 154 g/mol. The van der Waals surface area contributed by atoms with Crippen LogP contribution in [0.3, 0.4) is 0 Å². The van der Waals surface area contributed by atoms with Crippen LogP contribution < -0.4 is 0 Å². The molecule has 0 aromatic heterocycles. The second-order valence-corrected chi connectivity index (χ2v) is 0. The van der Waals surface area contributed by atoms with Crippen LogP contribution >= 0.6 is 0 Å². The van der Waals surface area contributed by atoms with Crippen LogP contribution in [-0.4, -0.2) is 0 Å². The minimum atomic E-state index is 0.125. The van der Waals surface area contributed by atoms with E-state index in [1.54, 1.807) is 0 Å². The first kappa shape index (κ1) is 8.83. The summed E-state index contributed by atoms with van der Waals surface area (Å²) in [5.74, 6) is 0. The van der Waals surface area contributed by atoms with Crippen molar-refractivity contribution in [1.82, 2.24) is 0 Å². The van der Waals surface area contributed by atoms with Crippen LogP contribution in [0.5, 0.6) is 0 Å². The van der Waals surface area contributed by atoms with Crippen molar-refractivity contribution >= 4 is 0 Å². The topological polar surface area (TPSA) is 34.1 Å². The molecule has 0 rings (SSSR count). The summed E-state index contributed by atoms with van der Waals surface area (Å²) in [4.78, 5) is 0. The zero-order valence-corrected chi connectivity index (χ0v) is 5.79. The van der Waals surface area contributed by atoms with Crippen molar-refractivity contribution in [2.24, 2.45) is 0 Å². The van der Waals surface area contributed by atoms with E-state index >= 15 is 0 Å². The van der Waals surface area contributed by atoms with E-state index in [2.05, 4.69) is 15.4 Å². The normalized spacial score (nSPS) is 3.00. The Labute approximate surface area is 41.5 Å². The standard InChI is InChI=1S/Ni.2O.Zn. The molecule has 4 heavy (non-hydrogen) atoms. The van der Waals surface area contributed by atoms with Gasteiger partial charge >= 0.3 is 41.1 Å². The quantitative estimate of drug-likeness (QED) is 0.453. The van der Waals surface area contributed by atoms with Crippen LogP contribution in [0.15, 0.2) is 0 Å². The van der Waals surface area contributed by atoms with Gasteiger partial charge in [-0.2, -0.15) is 0 Å². The first-order chi connectivity index (χ1) is 2.00. The van der Waals surface area contributed by atoms with E-state index in [0.29, 0.717) is 0 Å². The second-order valence-electron chi connectivity index (χ2n) is 0. The molecule has 24 valence electrons. The maximum atomic E-state index is 8.38. The molecular weight excluding hydrogens is 156 g/mol. The van der Waals surface area contributed by atoms with Crippen LogP contribution in [0.25, 0.3) is 0 Å². The Bertz CT molecular complexity index is 8.00. The molecule has 4 heteroatoms. The Kier molecular flexibility index (Phi) is 118. The molecule has 0 saturated heterocycles. The average molecular weight is 156 g/mol. The molecule has 0 aliphatic carbocycles. The van der Waals surface area contributed by atoms with Crippen molar-refractivity contribution < 1.29 is 41.1 Å². The predicted octanol–water partition coefficient (Wildman–Crippen LogP) is -0.243. The molecule has 0 fully saturated rings. The van der Waals surface area contributed by atoms with Gasteiger partial charge in [0.15, 0.2) is 0 Å². The Morgan fingerprint density at radius 1 is 1.25 bits per heavy atom. The third kappa shape index (κ3) is 15.6. The van der Waals surface area contributed by atoms with E-state index in [9.17, 15) is 0 Å². The molecule has 2 nitrogen and oxygen atoms in total. The summed E-state index contributed by atoms with van der Waals surface area (Å²) in [6, 6.07) is 0. The van der Waals surface area contributed by atoms with Gasteiger partial charge in [0.25, 0.3) is 0 Å². The third-order valence-electron chi connectivity index (χ3n) is 0. The maximum absolute atomic E-state index is 8.38. The van der Waals surface area contributed by atoms with Gasteiger partial charge in [-0.15, -0.1) is 0 Å². The van der Waals surface area contributed by atoms with Gasteiger partial charge in [0.1, 0.15) is 0 Å². The molecular formula is NiO2Zn. The minimum absolute atomic E-state index is 0.125. The summed E-state index contributed by atoms with van der Waals surface area (Å²) in [7, 11) is 0. The van der Waals surface area contributed by atoms with Crippen LogP contribution in [-0.2, 0) is 41.1 Å². The van der Waals surface area contributed by atoms with Crippen LogP contribution in [0.2, 0.25) is 0 Å². The molecule has 0 aliphatic heterocycles. The average Bonchev–Trinajstić information content (AvgIpc) is 1.50. The predicted molar refractivity (Wildman–Crippen MR) is 1.37 cm³/mol. The zero-order valence-electron chi connectivity index (χ0n) is 1.84. The summed E-state index contributed by atoms with van der Waals surface area (Å²) >= 11 is 2.75. The Morgan fingerprint density at radius 3 is 1.25 bits per heavy atom. The summed E-state index contributed by atoms with van der Waals surface area (Å²) < 4.78 is 16.2. The fourth-order valence-electron chi connectivity index (χ4n) is 0. The zero-order chi connectivity index (χ0) is 4.00. The van der Waals surface area contributed by atoms with E-state index in [1.807, 2.05) is 0 Å². The van der Waals surface area contributed by atoms with Crippen molar-refractivity contribution in [2.45, 2.75) is 0 Å². The summed E-state index contributed by atoms with van der Waals surface area (Å²) in [6.45, 7) is 0. The number of rotatable bonds is 0. The van der Waals surface area contributed by atoms with Gasteiger partial charge in [0.2, 0.25) is 0 Å². The molecule has 0 unspecified atom stereocenters. The first-order valence-electron chi connectivity index (χ1n) is 0.418. The summed E-state index contributed by atoms with van der Waals surface area (Å²) in [6.07, 6.45) is 0. The van der Waals surface area contributed by atoms with Crippen molar-refractivity contribution in [1.29, 1.82) is 0 Å². The molecule has 0 radical (unpaired) electrons. The second kappa shape index (κ2) is 53.4. The van der Waals surface area contributed by atoms with E-state index in [-0.39, 0.29) is 18.3 Å². The van der Waals surface area contributed by atoms with Gasteiger partial charge in [0, 0.05) is 0 Å². The molecule has 0 bridgehead atoms. The Balaban J connectivity index is 0. The van der Waals surface area contributed by atoms with E-state index < -0.39 is 0 Å². The van der Waals surface area contributed by atoms with Gasteiger partial charge in [-0.1, -0.05) is 0 Å². The van der Waals surface area contributed by atoms with E-state index in [4.69, 9.17) is 7.47 Å². The first-order valence-corrected chi connectivity index (χ1v) is 2.03. The van der Waals surface area contributed by atoms with Crippen LogP contribution in [0.4, 0.5) is 0 Å². The molecule has 0 atom stereocenters. The summed E-state index contributed by atoms with van der Waals surface area (Å²) in [5.41, 5.74) is 0. The molecule has 0 saturated carbocycles. The Morgan fingerprint density at radius 2 is 1.25 bits per heavy atom. The van der Waals surface area contributed by atoms with Crippen molar-refractivity contribution in [3.63, 3.8) is 0 Å². The van der Waals surface area contributed by atoms with Gasteiger partial charge in [-0.3, -0.25) is 0 Å². The van der Waals surface area contributed by atoms with E-state index in [0.717, 1.165) is 0 Å².